The van der Waals surface area contributed by atoms with Gasteiger partial charge in [0, 0.05) is 24.1 Å². The third-order valence-electron chi connectivity index (χ3n) is 5.19. The quantitative estimate of drug-likeness (QED) is 0.571. The van der Waals surface area contributed by atoms with Crippen molar-refractivity contribution in [3.05, 3.63) is 34.9 Å². The molecule has 1 saturated carbocycles. The zero-order valence-electron chi connectivity index (χ0n) is 16.4. The van der Waals surface area contributed by atoms with Gasteiger partial charge < -0.3 is 15.2 Å². The molecule has 154 valence electrons. The van der Waals surface area contributed by atoms with Crippen LogP contribution in [0.1, 0.15) is 45.1 Å². The van der Waals surface area contributed by atoms with E-state index in [1.165, 1.54) is 11.9 Å². The van der Waals surface area contributed by atoms with Gasteiger partial charge in [0.2, 0.25) is 6.79 Å². The number of Topliss-reactive ketones (excluding diaryl/α,β-unsaturated/α-hetero) is 1. The van der Waals surface area contributed by atoms with Crippen molar-refractivity contribution in [1.82, 2.24) is 4.90 Å². The Morgan fingerprint density at radius 3 is 2.54 bits per heavy atom. The molecule has 0 bridgehead atoms. The van der Waals surface area contributed by atoms with Gasteiger partial charge in [-0.1, -0.05) is 43.6 Å². The summed E-state index contributed by atoms with van der Waals surface area (Å²) in [5, 5.41) is 0.409. The Labute approximate surface area is 170 Å². The van der Waals surface area contributed by atoms with Gasteiger partial charge in [0.05, 0.1) is 0 Å². The molecule has 0 spiro atoms. The number of likely N-dealkylation sites (N-methyl/N-ethyl adjacent to an activating group) is 1. The number of ether oxygens (including phenoxy) is 2. The molecule has 1 amide bonds. The molecule has 2 N–H and O–H groups in total. The fourth-order valence-corrected chi connectivity index (χ4v) is 3.68. The molecule has 28 heavy (non-hydrogen) atoms. The van der Waals surface area contributed by atoms with E-state index in [-0.39, 0.29) is 11.7 Å². The molecule has 2 rings (SSSR count). The van der Waals surface area contributed by atoms with Crippen molar-refractivity contribution in [3.63, 3.8) is 0 Å². The van der Waals surface area contributed by atoms with E-state index in [1.54, 1.807) is 38.1 Å². The third kappa shape index (κ3) is 4.47. The van der Waals surface area contributed by atoms with Gasteiger partial charge in [-0.15, -0.1) is 0 Å². The summed E-state index contributed by atoms with van der Waals surface area (Å²) in [5.41, 5.74) is 5.07. The lowest BCUT2D eigenvalue weighted by Crippen LogP contribution is -2.54. The van der Waals surface area contributed by atoms with E-state index in [4.69, 9.17) is 26.8 Å². The van der Waals surface area contributed by atoms with E-state index < -0.39 is 30.4 Å². The average molecular weight is 411 g/mol. The highest BCUT2D eigenvalue weighted by Gasteiger charge is 2.48. The molecule has 1 aromatic rings. The second-order valence-electron chi connectivity index (χ2n) is 7.29. The van der Waals surface area contributed by atoms with Gasteiger partial charge in [-0.2, -0.15) is 0 Å². The van der Waals surface area contributed by atoms with Gasteiger partial charge in [-0.3, -0.25) is 14.5 Å². The Hall–Kier alpha value is -2.12. The molecule has 1 fully saturated rings. The maximum Gasteiger partial charge on any atom is 0.413 e. The predicted octanol–water partition coefficient (Wildman–Crippen LogP) is 3.23. The molecule has 0 saturated heterocycles. The first-order valence-electron chi connectivity index (χ1n) is 9.33. The van der Waals surface area contributed by atoms with E-state index in [2.05, 4.69) is 0 Å². The summed E-state index contributed by atoms with van der Waals surface area (Å²) in [6, 6.07) is 6.18. The molecule has 8 heteroatoms. The van der Waals surface area contributed by atoms with E-state index in [1.807, 2.05) is 0 Å². The number of nitrogens with zero attached hydrogens (tertiary/aromatic N) is 1. The molecule has 1 aliphatic rings. The number of benzene rings is 1. The number of ketones is 1. The van der Waals surface area contributed by atoms with Gasteiger partial charge in [-0.25, -0.2) is 4.79 Å². The zero-order chi connectivity index (χ0) is 20.9. The van der Waals surface area contributed by atoms with Crippen molar-refractivity contribution in [2.24, 2.45) is 11.7 Å². The third-order valence-corrected chi connectivity index (χ3v) is 5.52. The van der Waals surface area contributed by atoms with Crippen molar-refractivity contribution in [2.75, 3.05) is 13.8 Å². The maximum absolute atomic E-state index is 13.0. The van der Waals surface area contributed by atoms with Crippen LogP contribution < -0.4 is 5.73 Å². The first kappa shape index (κ1) is 22.2. The molecule has 0 aromatic heterocycles. The smallest absolute Gasteiger partial charge is 0.413 e. The number of rotatable bonds is 6. The van der Waals surface area contributed by atoms with E-state index in [9.17, 15) is 14.4 Å². The lowest BCUT2D eigenvalue weighted by Gasteiger charge is -2.43. The van der Waals surface area contributed by atoms with Crippen LogP contribution in [-0.2, 0) is 24.6 Å². The van der Waals surface area contributed by atoms with Crippen LogP contribution in [0.2, 0.25) is 5.02 Å². The first-order valence-corrected chi connectivity index (χ1v) is 9.70. The summed E-state index contributed by atoms with van der Waals surface area (Å²) < 4.78 is 10.0. The van der Waals surface area contributed by atoms with E-state index >= 15 is 0 Å². The summed E-state index contributed by atoms with van der Waals surface area (Å²) in [4.78, 5) is 38.7. The minimum absolute atomic E-state index is 0.0925. The van der Waals surface area contributed by atoms with Gasteiger partial charge in [0.25, 0.3) is 0 Å². The standard InChI is InChI=1S/C20H27ClN2O5/c1-13(2)17(22)18(25)27-12-28-19(26)23(3)20(11-7-6-10-16(20)24)14-8-4-5-9-15(14)21/h4-5,8-9,13,17H,6-7,10-12,22H2,1-3H3/t17?,20-/m0/s1. The minimum atomic E-state index is -1.20. The second kappa shape index (κ2) is 9.39. The number of halogens is 1. The predicted molar refractivity (Wildman–Crippen MR) is 105 cm³/mol. The van der Waals surface area contributed by atoms with Crippen LogP contribution in [0.25, 0.3) is 0 Å². The number of hydrogen-bond acceptors (Lipinski definition) is 6. The van der Waals surface area contributed by atoms with Crippen LogP contribution >= 0.6 is 11.6 Å². The first-order chi connectivity index (χ1) is 13.2. The van der Waals surface area contributed by atoms with Crippen LogP contribution in [0.4, 0.5) is 4.79 Å². The summed E-state index contributed by atoms with van der Waals surface area (Å²) in [7, 11) is 1.50. The number of amides is 1. The Morgan fingerprint density at radius 1 is 1.25 bits per heavy atom. The maximum atomic E-state index is 13.0. The van der Waals surface area contributed by atoms with Crippen LogP contribution in [-0.4, -0.2) is 42.6 Å². The summed E-state index contributed by atoms with van der Waals surface area (Å²) in [6.45, 7) is 3.00. The summed E-state index contributed by atoms with van der Waals surface area (Å²) in [6.07, 6.45) is 1.55. The number of nitrogens with two attached hydrogens (primary N) is 1. The molecular weight excluding hydrogens is 384 g/mol. The molecule has 7 nitrogen and oxygen atoms in total. The monoisotopic (exact) mass is 410 g/mol. The summed E-state index contributed by atoms with van der Waals surface area (Å²) >= 11 is 6.36. The van der Waals surface area contributed by atoms with Crippen molar-refractivity contribution in [1.29, 1.82) is 0 Å². The lowest BCUT2D eigenvalue weighted by atomic mass is 9.74. The van der Waals surface area contributed by atoms with E-state index in [0.29, 0.717) is 23.4 Å². The van der Waals surface area contributed by atoms with E-state index in [0.717, 1.165) is 12.8 Å². The average Bonchev–Trinajstić information content (AvgIpc) is 2.67. The number of hydrogen-bond donors (Lipinski definition) is 1. The highest BCUT2D eigenvalue weighted by atomic mass is 35.5. The minimum Gasteiger partial charge on any atom is -0.427 e. The molecule has 0 heterocycles. The fourth-order valence-electron chi connectivity index (χ4n) is 3.39. The van der Waals surface area contributed by atoms with Gasteiger partial charge in [0.1, 0.15) is 11.6 Å². The topological polar surface area (TPSA) is 98.9 Å². The number of carbonyl (C=O) groups excluding carboxylic acids is 3. The molecule has 1 aromatic carbocycles. The Bertz CT molecular complexity index is 739. The van der Waals surface area contributed by atoms with Gasteiger partial charge >= 0.3 is 12.1 Å². The number of esters is 1. The van der Waals surface area contributed by atoms with Crippen molar-refractivity contribution >= 4 is 29.4 Å². The number of carbonyl (C=O) groups is 3. The molecule has 2 atom stereocenters. The molecule has 0 radical (unpaired) electrons. The van der Waals surface area contributed by atoms with Gasteiger partial charge in [0.15, 0.2) is 5.78 Å². The van der Waals surface area contributed by atoms with Crippen LogP contribution in [0, 0.1) is 5.92 Å². The Morgan fingerprint density at radius 2 is 1.93 bits per heavy atom. The molecular formula is C20H27ClN2O5. The lowest BCUT2D eigenvalue weighted by molar-refractivity contribution is -0.156. The normalized spacial score (nSPS) is 20.6. The fraction of sp³-hybridized carbons (Fsp3) is 0.550. The summed E-state index contributed by atoms with van der Waals surface area (Å²) in [5.74, 6) is -0.848. The highest BCUT2D eigenvalue weighted by Crippen LogP contribution is 2.42. The zero-order valence-corrected chi connectivity index (χ0v) is 17.2. The van der Waals surface area contributed by atoms with Crippen LogP contribution in [0.15, 0.2) is 24.3 Å². The molecule has 1 aliphatic carbocycles. The van der Waals surface area contributed by atoms with Crippen molar-refractivity contribution < 1.29 is 23.9 Å². The molecule has 0 aliphatic heterocycles. The Kier molecular flexibility index (Phi) is 7.43. The largest absolute Gasteiger partial charge is 0.427 e. The Balaban J connectivity index is 2.16. The highest BCUT2D eigenvalue weighted by molar-refractivity contribution is 6.31. The molecule has 1 unspecified atom stereocenters. The van der Waals surface area contributed by atoms with Crippen LogP contribution in [0.5, 0.6) is 0 Å². The van der Waals surface area contributed by atoms with Gasteiger partial charge in [-0.05, 0) is 31.2 Å². The second-order valence-corrected chi connectivity index (χ2v) is 7.70. The SMILES string of the molecule is CC(C)C(N)C(=O)OCOC(=O)N(C)[C@]1(c2ccccc2Cl)CCCCC1=O. The van der Waals surface area contributed by atoms with Crippen molar-refractivity contribution in [3.8, 4) is 0 Å². The van der Waals surface area contributed by atoms with Crippen LogP contribution in [0.3, 0.4) is 0 Å². The van der Waals surface area contributed by atoms with Crippen molar-refractivity contribution in [2.45, 2.75) is 51.1 Å².